The Morgan fingerprint density at radius 3 is 2.65 bits per heavy atom. The molecule has 0 fully saturated rings. The van der Waals surface area contributed by atoms with Crippen LogP contribution in [0.3, 0.4) is 0 Å². The number of halogens is 3. The van der Waals surface area contributed by atoms with E-state index in [-0.39, 0.29) is 11.9 Å². The van der Waals surface area contributed by atoms with E-state index in [0.29, 0.717) is 23.0 Å². The Morgan fingerprint density at radius 1 is 1.15 bits per heavy atom. The lowest BCUT2D eigenvalue weighted by molar-refractivity contribution is 0.246. The molecule has 0 bridgehead atoms. The molecule has 5 heteroatoms. The van der Waals surface area contributed by atoms with Gasteiger partial charge in [-0.25, -0.2) is 4.39 Å². The van der Waals surface area contributed by atoms with Crippen molar-refractivity contribution in [3.05, 3.63) is 57.8 Å². The molecule has 20 heavy (non-hydrogen) atoms. The Bertz CT molecular complexity index is 628. The topological polar surface area (TPSA) is 21.3 Å². The van der Waals surface area contributed by atoms with E-state index in [1.165, 1.54) is 12.1 Å². The minimum atomic E-state index is -0.234. The highest BCUT2D eigenvalue weighted by molar-refractivity contribution is 6.35. The van der Waals surface area contributed by atoms with Crippen LogP contribution in [0, 0.1) is 5.82 Å². The molecule has 1 atom stereocenters. The van der Waals surface area contributed by atoms with E-state index in [1.807, 2.05) is 0 Å². The number of hydrogen-bond donors (Lipinski definition) is 1. The van der Waals surface area contributed by atoms with E-state index >= 15 is 0 Å². The minimum Gasteiger partial charge on any atom is -0.488 e. The van der Waals surface area contributed by atoms with Crippen LogP contribution >= 0.6 is 23.2 Å². The Labute approximate surface area is 126 Å². The molecule has 1 heterocycles. The van der Waals surface area contributed by atoms with Gasteiger partial charge in [0.2, 0.25) is 0 Å². The van der Waals surface area contributed by atoms with Crippen LogP contribution in [0.4, 0.5) is 10.1 Å². The molecule has 1 unspecified atom stereocenters. The SMILES string of the molecule is Fc1ccc2c(c1)CC(CNc1cc(Cl)cc(Cl)c1)O2. The molecule has 2 aromatic carbocycles. The Hall–Kier alpha value is -1.45. The van der Waals surface area contributed by atoms with Gasteiger partial charge in [-0.15, -0.1) is 0 Å². The fraction of sp³-hybridized carbons (Fsp3) is 0.200. The number of hydrogen-bond acceptors (Lipinski definition) is 2. The lowest BCUT2D eigenvalue weighted by Gasteiger charge is -2.13. The van der Waals surface area contributed by atoms with Gasteiger partial charge in [-0.2, -0.15) is 0 Å². The van der Waals surface area contributed by atoms with Crippen molar-refractivity contribution in [1.82, 2.24) is 0 Å². The van der Waals surface area contributed by atoms with E-state index in [0.717, 1.165) is 17.0 Å². The molecule has 1 aliphatic rings. The highest BCUT2D eigenvalue weighted by atomic mass is 35.5. The first-order chi connectivity index (χ1) is 9.60. The molecule has 2 aromatic rings. The second-order valence-electron chi connectivity index (χ2n) is 4.74. The zero-order chi connectivity index (χ0) is 14.1. The molecule has 0 spiro atoms. The molecule has 1 N–H and O–H groups in total. The third-order valence-corrected chi connectivity index (χ3v) is 3.60. The van der Waals surface area contributed by atoms with Crippen LogP contribution in [0.1, 0.15) is 5.56 Å². The van der Waals surface area contributed by atoms with Gasteiger partial charge in [-0.1, -0.05) is 23.2 Å². The van der Waals surface area contributed by atoms with Gasteiger partial charge in [0.1, 0.15) is 17.7 Å². The highest BCUT2D eigenvalue weighted by Gasteiger charge is 2.22. The van der Waals surface area contributed by atoms with Crippen molar-refractivity contribution in [2.24, 2.45) is 0 Å². The molecule has 0 saturated carbocycles. The highest BCUT2D eigenvalue weighted by Crippen LogP contribution is 2.29. The van der Waals surface area contributed by atoms with Gasteiger partial charge in [-0.3, -0.25) is 0 Å². The number of fused-ring (bicyclic) bond motifs is 1. The van der Waals surface area contributed by atoms with Crippen LogP contribution in [0.5, 0.6) is 5.75 Å². The summed E-state index contributed by atoms with van der Waals surface area (Å²) in [5, 5.41) is 4.39. The van der Waals surface area contributed by atoms with Gasteiger partial charge in [0.05, 0.1) is 6.54 Å². The quantitative estimate of drug-likeness (QED) is 0.898. The normalized spacial score (nSPS) is 16.6. The predicted octanol–water partition coefficient (Wildman–Crippen LogP) is 4.55. The molecule has 0 amide bonds. The molecule has 0 aromatic heterocycles. The summed E-state index contributed by atoms with van der Waals surface area (Å²) >= 11 is 11.9. The summed E-state index contributed by atoms with van der Waals surface area (Å²) in [6.07, 6.45) is 0.665. The van der Waals surface area contributed by atoms with Gasteiger partial charge in [0, 0.05) is 27.7 Å². The monoisotopic (exact) mass is 311 g/mol. The third kappa shape index (κ3) is 3.00. The lowest BCUT2D eigenvalue weighted by atomic mass is 10.1. The molecule has 3 rings (SSSR count). The van der Waals surface area contributed by atoms with E-state index in [4.69, 9.17) is 27.9 Å². The van der Waals surface area contributed by atoms with Crippen LogP contribution in [-0.2, 0) is 6.42 Å². The molecule has 1 aliphatic heterocycles. The zero-order valence-corrected chi connectivity index (χ0v) is 12.0. The van der Waals surface area contributed by atoms with Crippen LogP contribution in [0.25, 0.3) is 0 Å². The van der Waals surface area contributed by atoms with Crippen molar-refractivity contribution < 1.29 is 9.13 Å². The maximum absolute atomic E-state index is 13.1. The van der Waals surface area contributed by atoms with Crippen molar-refractivity contribution in [3.8, 4) is 5.75 Å². The van der Waals surface area contributed by atoms with Crippen LogP contribution in [0.2, 0.25) is 10.0 Å². The number of anilines is 1. The summed E-state index contributed by atoms with van der Waals surface area (Å²) in [5.74, 6) is 0.518. The maximum Gasteiger partial charge on any atom is 0.123 e. The molecular weight excluding hydrogens is 300 g/mol. The smallest absolute Gasteiger partial charge is 0.123 e. The number of ether oxygens (including phenoxy) is 1. The van der Waals surface area contributed by atoms with Crippen LogP contribution in [0.15, 0.2) is 36.4 Å². The summed E-state index contributed by atoms with van der Waals surface area (Å²) in [5.41, 5.74) is 1.74. The fourth-order valence-electron chi connectivity index (χ4n) is 2.29. The van der Waals surface area contributed by atoms with Crippen molar-refractivity contribution in [2.45, 2.75) is 12.5 Å². The number of benzene rings is 2. The second-order valence-corrected chi connectivity index (χ2v) is 5.61. The van der Waals surface area contributed by atoms with Gasteiger partial charge in [0.15, 0.2) is 0 Å². The van der Waals surface area contributed by atoms with Crippen molar-refractivity contribution in [2.75, 3.05) is 11.9 Å². The van der Waals surface area contributed by atoms with Crippen LogP contribution < -0.4 is 10.1 Å². The van der Waals surface area contributed by atoms with Gasteiger partial charge >= 0.3 is 0 Å². The maximum atomic E-state index is 13.1. The Balaban J connectivity index is 1.63. The lowest BCUT2D eigenvalue weighted by Crippen LogP contribution is -2.23. The van der Waals surface area contributed by atoms with Crippen molar-refractivity contribution in [1.29, 1.82) is 0 Å². The Kier molecular flexibility index (Phi) is 3.72. The largest absolute Gasteiger partial charge is 0.488 e. The molecule has 104 valence electrons. The van der Waals surface area contributed by atoms with Crippen molar-refractivity contribution in [3.63, 3.8) is 0 Å². The fourth-order valence-corrected chi connectivity index (χ4v) is 2.82. The molecule has 0 radical (unpaired) electrons. The van der Waals surface area contributed by atoms with Crippen LogP contribution in [-0.4, -0.2) is 12.6 Å². The number of nitrogens with one attached hydrogen (secondary N) is 1. The third-order valence-electron chi connectivity index (χ3n) is 3.16. The first kappa shape index (κ1) is 13.5. The summed E-state index contributed by atoms with van der Waals surface area (Å²) < 4.78 is 18.9. The van der Waals surface area contributed by atoms with E-state index in [9.17, 15) is 4.39 Å². The van der Waals surface area contributed by atoms with Gasteiger partial charge in [-0.05, 0) is 36.4 Å². The molecule has 0 aliphatic carbocycles. The first-order valence-electron chi connectivity index (χ1n) is 6.25. The number of rotatable bonds is 3. The zero-order valence-electron chi connectivity index (χ0n) is 10.5. The molecule has 0 saturated heterocycles. The summed E-state index contributed by atoms with van der Waals surface area (Å²) in [6, 6.07) is 9.88. The summed E-state index contributed by atoms with van der Waals surface area (Å²) in [7, 11) is 0. The predicted molar refractivity (Wildman–Crippen MR) is 79.5 cm³/mol. The van der Waals surface area contributed by atoms with Crippen molar-refractivity contribution >= 4 is 28.9 Å². The average Bonchev–Trinajstić information content (AvgIpc) is 2.77. The van der Waals surface area contributed by atoms with Gasteiger partial charge in [0.25, 0.3) is 0 Å². The van der Waals surface area contributed by atoms with E-state index in [1.54, 1.807) is 24.3 Å². The van der Waals surface area contributed by atoms with E-state index < -0.39 is 0 Å². The van der Waals surface area contributed by atoms with Gasteiger partial charge < -0.3 is 10.1 Å². The summed E-state index contributed by atoms with van der Waals surface area (Å²) in [4.78, 5) is 0. The molecule has 2 nitrogen and oxygen atoms in total. The van der Waals surface area contributed by atoms with E-state index in [2.05, 4.69) is 5.32 Å². The Morgan fingerprint density at radius 2 is 1.90 bits per heavy atom. The average molecular weight is 312 g/mol. The second kappa shape index (κ2) is 5.51. The summed E-state index contributed by atoms with van der Waals surface area (Å²) in [6.45, 7) is 0.604. The standard InChI is InChI=1S/C15H12Cl2FNO/c16-10-5-11(17)7-13(6-10)19-8-14-4-9-3-12(18)1-2-15(9)20-14/h1-3,5-7,14,19H,4,8H2. The first-order valence-corrected chi connectivity index (χ1v) is 7.01. The minimum absolute atomic E-state index is 0.0236. The molecular formula is C15H12Cl2FNO.